The van der Waals surface area contributed by atoms with Gasteiger partial charge in [-0.2, -0.15) is 5.26 Å². The maximum Gasteiger partial charge on any atom is 0.323 e. The van der Waals surface area contributed by atoms with Crippen LogP contribution in [-0.4, -0.2) is 6.03 Å². The second-order valence-corrected chi connectivity index (χ2v) is 4.87. The minimum atomic E-state index is -0.422. The van der Waals surface area contributed by atoms with Gasteiger partial charge in [0.1, 0.15) is 0 Å². The summed E-state index contributed by atoms with van der Waals surface area (Å²) in [5, 5.41) is 14.5. The number of carbonyl (C=O) groups excluding carboxylic acids is 1. The average molecular weight is 301 g/mol. The Hall–Kier alpha value is -2.71. The molecule has 0 aliphatic rings. The highest BCUT2D eigenvalue weighted by Crippen LogP contribution is 2.26. The number of nitrogens with two attached hydrogens (primary N) is 1. The van der Waals surface area contributed by atoms with Crippen LogP contribution in [-0.2, 0) is 0 Å². The van der Waals surface area contributed by atoms with Crippen molar-refractivity contribution in [1.82, 2.24) is 0 Å². The molecule has 0 spiro atoms. The third kappa shape index (κ3) is 3.65. The summed E-state index contributed by atoms with van der Waals surface area (Å²) in [7, 11) is 0. The fraction of sp³-hybridized carbons (Fsp3) is 0.0667. The van der Waals surface area contributed by atoms with Crippen molar-refractivity contribution in [2.24, 2.45) is 0 Å². The zero-order valence-corrected chi connectivity index (χ0v) is 12.0. The van der Waals surface area contributed by atoms with Crippen LogP contribution in [0.5, 0.6) is 0 Å². The molecule has 0 atom stereocenters. The van der Waals surface area contributed by atoms with Gasteiger partial charge in [-0.1, -0.05) is 17.7 Å². The van der Waals surface area contributed by atoms with E-state index >= 15 is 0 Å². The third-order valence-electron chi connectivity index (χ3n) is 2.84. The van der Waals surface area contributed by atoms with Gasteiger partial charge in [-0.25, -0.2) is 4.79 Å². The molecular formula is C15H13ClN4O. The maximum atomic E-state index is 12.0. The first-order valence-corrected chi connectivity index (χ1v) is 6.51. The lowest BCUT2D eigenvalue weighted by Crippen LogP contribution is -2.20. The van der Waals surface area contributed by atoms with Crippen molar-refractivity contribution < 1.29 is 4.79 Å². The highest BCUT2D eigenvalue weighted by Gasteiger charge is 2.08. The summed E-state index contributed by atoms with van der Waals surface area (Å²) in [5.41, 5.74) is 8.53. The topological polar surface area (TPSA) is 90.9 Å². The fourth-order valence-electron chi connectivity index (χ4n) is 1.79. The molecule has 4 N–H and O–H groups in total. The molecule has 2 aromatic rings. The summed E-state index contributed by atoms with van der Waals surface area (Å²) in [6.45, 7) is 1.82. The molecule has 21 heavy (non-hydrogen) atoms. The molecule has 0 radical (unpaired) electrons. The molecule has 2 rings (SSSR count). The van der Waals surface area contributed by atoms with E-state index in [1.165, 1.54) is 0 Å². The molecule has 0 aromatic heterocycles. The van der Waals surface area contributed by atoms with Crippen molar-refractivity contribution in [2.75, 3.05) is 16.4 Å². The predicted molar refractivity (Wildman–Crippen MR) is 84.4 cm³/mol. The van der Waals surface area contributed by atoms with E-state index < -0.39 is 6.03 Å². The number of carbonyl (C=O) groups is 1. The van der Waals surface area contributed by atoms with Crippen molar-refractivity contribution in [2.45, 2.75) is 6.92 Å². The molecule has 0 bridgehead atoms. The summed E-state index contributed by atoms with van der Waals surface area (Å²) in [6.07, 6.45) is 0. The minimum absolute atomic E-state index is 0.377. The van der Waals surface area contributed by atoms with E-state index in [0.717, 1.165) is 5.56 Å². The van der Waals surface area contributed by atoms with E-state index in [1.54, 1.807) is 36.4 Å². The largest absolute Gasteiger partial charge is 0.398 e. The summed E-state index contributed by atoms with van der Waals surface area (Å²) in [6, 6.07) is 11.5. The van der Waals surface area contributed by atoms with Gasteiger partial charge in [0.05, 0.1) is 22.3 Å². The average Bonchev–Trinajstić information content (AvgIpc) is 2.45. The van der Waals surface area contributed by atoms with Crippen LogP contribution >= 0.6 is 11.6 Å². The van der Waals surface area contributed by atoms with Gasteiger partial charge < -0.3 is 16.4 Å². The van der Waals surface area contributed by atoms with E-state index in [0.29, 0.717) is 27.6 Å². The van der Waals surface area contributed by atoms with Crippen LogP contribution in [0.15, 0.2) is 36.4 Å². The monoisotopic (exact) mass is 300 g/mol. The number of amides is 2. The Morgan fingerprint density at radius 1 is 1.29 bits per heavy atom. The van der Waals surface area contributed by atoms with Gasteiger partial charge in [-0.15, -0.1) is 0 Å². The number of hydrogen-bond donors (Lipinski definition) is 3. The number of nitriles is 1. The van der Waals surface area contributed by atoms with Crippen molar-refractivity contribution in [3.63, 3.8) is 0 Å². The SMILES string of the molecule is Cc1cc(N)c(Cl)cc1NC(=O)Nc1cccc(C#N)c1. The van der Waals surface area contributed by atoms with Crippen molar-refractivity contribution in [3.05, 3.63) is 52.5 Å². The van der Waals surface area contributed by atoms with Gasteiger partial charge in [-0.3, -0.25) is 0 Å². The molecule has 0 aliphatic heterocycles. The van der Waals surface area contributed by atoms with Gasteiger partial charge in [0.2, 0.25) is 0 Å². The molecule has 0 heterocycles. The van der Waals surface area contributed by atoms with E-state index in [9.17, 15) is 4.79 Å². The molecule has 2 aromatic carbocycles. The van der Waals surface area contributed by atoms with Crippen LogP contribution in [0.25, 0.3) is 0 Å². The first-order valence-electron chi connectivity index (χ1n) is 6.13. The Labute approximate surface area is 127 Å². The number of rotatable bonds is 2. The maximum absolute atomic E-state index is 12.0. The predicted octanol–water partition coefficient (Wildman–Crippen LogP) is 3.75. The number of urea groups is 1. The highest BCUT2D eigenvalue weighted by molar-refractivity contribution is 6.33. The number of nitrogens with one attached hydrogen (secondary N) is 2. The van der Waals surface area contributed by atoms with Gasteiger partial charge in [0, 0.05) is 11.4 Å². The smallest absolute Gasteiger partial charge is 0.323 e. The Morgan fingerprint density at radius 2 is 2.05 bits per heavy atom. The van der Waals surface area contributed by atoms with Crippen molar-refractivity contribution in [1.29, 1.82) is 5.26 Å². The van der Waals surface area contributed by atoms with E-state index in [-0.39, 0.29) is 0 Å². The Morgan fingerprint density at radius 3 is 2.76 bits per heavy atom. The van der Waals surface area contributed by atoms with Gasteiger partial charge in [0.15, 0.2) is 0 Å². The number of nitrogens with zero attached hydrogens (tertiary/aromatic N) is 1. The molecule has 0 fully saturated rings. The number of nitrogen functional groups attached to an aromatic ring is 1. The Kier molecular flexibility index (Phi) is 4.31. The molecule has 0 saturated heterocycles. The zero-order chi connectivity index (χ0) is 15.4. The first kappa shape index (κ1) is 14.7. The molecule has 0 unspecified atom stereocenters. The van der Waals surface area contributed by atoms with Gasteiger partial charge >= 0.3 is 6.03 Å². The second kappa shape index (κ2) is 6.16. The zero-order valence-electron chi connectivity index (χ0n) is 11.3. The number of anilines is 3. The van der Waals surface area contributed by atoms with Gasteiger partial charge in [-0.05, 0) is 42.8 Å². The van der Waals surface area contributed by atoms with Crippen LogP contribution in [0.2, 0.25) is 5.02 Å². The lowest BCUT2D eigenvalue weighted by molar-refractivity contribution is 0.262. The number of hydrogen-bond acceptors (Lipinski definition) is 3. The lowest BCUT2D eigenvalue weighted by atomic mass is 10.2. The minimum Gasteiger partial charge on any atom is -0.398 e. The summed E-state index contributed by atoms with van der Waals surface area (Å²) >= 11 is 5.94. The van der Waals surface area contributed by atoms with Gasteiger partial charge in [0.25, 0.3) is 0 Å². The molecule has 2 amide bonds. The third-order valence-corrected chi connectivity index (χ3v) is 3.17. The molecule has 0 saturated carbocycles. The fourth-order valence-corrected chi connectivity index (χ4v) is 1.95. The normalized spacial score (nSPS) is 9.76. The van der Waals surface area contributed by atoms with E-state index in [2.05, 4.69) is 10.6 Å². The van der Waals surface area contributed by atoms with Crippen LogP contribution in [0.1, 0.15) is 11.1 Å². The lowest BCUT2D eigenvalue weighted by Gasteiger charge is -2.11. The molecule has 0 aliphatic carbocycles. The van der Waals surface area contributed by atoms with Crippen LogP contribution in [0.3, 0.4) is 0 Å². The van der Waals surface area contributed by atoms with E-state index in [4.69, 9.17) is 22.6 Å². The number of halogens is 1. The van der Waals surface area contributed by atoms with Crippen LogP contribution < -0.4 is 16.4 Å². The Bertz CT molecular complexity index is 737. The quantitative estimate of drug-likeness (QED) is 0.738. The van der Waals surface area contributed by atoms with Crippen LogP contribution in [0, 0.1) is 18.3 Å². The molecule has 6 heteroatoms. The summed E-state index contributed by atoms with van der Waals surface area (Å²) in [5.74, 6) is 0. The highest BCUT2D eigenvalue weighted by atomic mass is 35.5. The number of benzene rings is 2. The summed E-state index contributed by atoms with van der Waals surface area (Å²) < 4.78 is 0. The molecule has 5 nitrogen and oxygen atoms in total. The van der Waals surface area contributed by atoms with E-state index in [1.807, 2.05) is 13.0 Å². The Balaban J connectivity index is 2.12. The molecule has 106 valence electrons. The number of aryl methyl sites for hydroxylation is 1. The standard InChI is InChI=1S/C15H13ClN4O/c1-9-5-13(18)12(16)7-14(9)20-15(21)19-11-4-2-3-10(6-11)8-17/h2-7H,18H2,1H3,(H2,19,20,21). The van der Waals surface area contributed by atoms with Crippen LogP contribution in [0.4, 0.5) is 21.9 Å². The van der Waals surface area contributed by atoms with Crippen molar-refractivity contribution in [3.8, 4) is 6.07 Å². The second-order valence-electron chi connectivity index (χ2n) is 4.46. The summed E-state index contributed by atoms with van der Waals surface area (Å²) in [4.78, 5) is 12.0. The first-order chi connectivity index (χ1) is 9.99. The van der Waals surface area contributed by atoms with Crippen molar-refractivity contribution >= 4 is 34.7 Å². The molecular weight excluding hydrogens is 288 g/mol.